The fourth-order valence-corrected chi connectivity index (χ4v) is 1.76. The van der Waals surface area contributed by atoms with Crippen LogP contribution in [0, 0.1) is 0 Å². The molecule has 0 aliphatic carbocycles. The Morgan fingerprint density at radius 3 is 2.75 bits per heavy atom. The Balaban J connectivity index is 2.22. The zero-order chi connectivity index (χ0) is 11.4. The van der Waals surface area contributed by atoms with Gasteiger partial charge in [-0.2, -0.15) is 0 Å². The van der Waals surface area contributed by atoms with E-state index in [1.54, 1.807) is 13.3 Å². The summed E-state index contributed by atoms with van der Waals surface area (Å²) in [7, 11) is 1.65. The fraction of sp³-hybridized carbons (Fsp3) is 0.0833. The van der Waals surface area contributed by atoms with E-state index in [4.69, 9.17) is 4.74 Å². The van der Waals surface area contributed by atoms with Gasteiger partial charge in [-0.15, -0.1) is 0 Å². The molecule has 0 radical (unpaired) electrons. The van der Waals surface area contributed by atoms with E-state index in [9.17, 15) is 0 Å². The molecule has 4 heteroatoms. The Bertz CT molecular complexity index is 474. The molecule has 0 aliphatic rings. The van der Waals surface area contributed by atoms with E-state index in [0.717, 1.165) is 21.7 Å². The lowest BCUT2D eigenvalue weighted by Gasteiger charge is -2.08. The van der Waals surface area contributed by atoms with Crippen LogP contribution in [0.25, 0.3) is 0 Å². The summed E-state index contributed by atoms with van der Waals surface area (Å²) in [5.41, 5.74) is 0.958. The monoisotopic (exact) mass is 278 g/mol. The molecule has 0 bridgehead atoms. The van der Waals surface area contributed by atoms with Gasteiger partial charge in [-0.3, -0.25) is 0 Å². The minimum atomic E-state index is 0.813. The number of ether oxygens (including phenoxy) is 1. The third-order valence-electron chi connectivity index (χ3n) is 2.10. The molecular formula is C12H11BrN2O. The average molecular weight is 279 g/mol. The van der Waals surface area contributed by atoms with Crippen LogP contribution in [-0.4, -0.2) is 12.1 Å². The summed E-state index contributed by atoms with van der Waals surface area (Å²) >= 11 is 3.48. The van der Waals surface area contributed by atoms with Crippen molar-refractivity contribution in [3.63, 3.8) is 0 Å². The molecule has 16 heavy (non-hydrogen) atoms. The maximum atomic E-state index is 5.13. The highest BCUT2D eigenvalue weighted by molar-refractivity contribution is 9.10. The first-order chi connectivity index (χ1) is 7.79. The standard InChI is InChI=1S/C12H11BrN2O/c1-16-9-5-6-11(10(13)8-9)15-12-4-2-3-7-14-12/h2-8H,1H3,(H,14,15). The summed E-state index contributed by atoms with van der Waals surface area (Å²) in [4.78, 5) is 4.19. The van der Waals surface area contributed by atoms with E-state index >= 15 is 0 Å². The quantitative estimate of drug-likeness (QED) is 0.932. The van der Waals surface area contributed by atoms with Gasteiger partial charge in [0.2, 0.25) is 0 Å². The number of hydrogen-bond donors (Lipinski definition) is 1. The number of rotatable bonds is 3. The number of halogens is 1. The van der Waals surface area contributed by atoms with Crippen LogP contribution < -0.4 is 10.1 Å². The van der Waals surface area contributed by atoms with Crippen molar-refractivity contribution < 1.29 is 4.74 Å². The number of nitrogens with zero attached hydrogens (tertiary/aromatic N) is 1. The number of pyridine rings is 1. The maximum Gasteiger partial charge on any atom is 0.130 e. The number of aromatic nitrogens is 1. The maximum absolute atomic E-state index is 5.13. The zero-order valence-electron chi connectivity index (χ0n) is 8.77. The Hall–Kier alpha value is -1.55. The number of hydrogen-bond acceptors (Lipinski definition) is 3. The predicted octanol–water partition coefficient (Wildman–Crippen LogP) is 3.60. The van der Waals surface area contributed by atoms with Gasteiger partial charge in [-0.1, -0.05) is 6.07 Å². The van der Waals surface area contributed by atoms with Crippen LogP contribution >= 0.6 is 15.9 Å². The van der Waals surface area contributed by atoms with Gasteiger partial charge in [-0.05, 0) is 46.3 Å². The molecule has 2 rings (SSSR count). The molecule has 1 aromatic carbocycles. The van der Waals surface area contributed by atoms with E-state index in [2.05, 4.69) is 26.2 Å². The highest BCUT2D eigenvalue weighted by Crippen LogP contribution is 2.28. The average Bonchev–Trinajstić information content (AvgIpc) is 2.33. The SMILES string of the molecule is COc1ccc(Nc2ccccn2)c(Br)c1. The lowest BCUT2D eigenvalue weighted by atomic mass is 10.3. The van der Waals surface area contributed by atoms with Crippen molar-refractivity contribution in [3.8, 4) is 5.75 Å². The minimum absolute atomic E-state index is 0.813. The molecule has 0 aliphatic heterocycles. The number of methoxy groups -OCH3 is 1. The summed E-state index contributed by atoms with van der Waals surface area (Å²) in [6.45, 7) is 0. The Morgan fingerprint density at radius 1 is 1.25 bits per heavy atom. The number of anilines is 2. The van der Waals surface area contributed by atoms with Crippen molar-refractivity contribution >= 4 is 27.4 Å². The Kier molecular flexibility index (Phi) is 3.41. The first-order valence-electron chi connectivity index (χ1n) is 4.81. The van der Waals surface area contributed by atoms with Crippen LogP contribution in [0.3, 0.4) is 0 Å². The van der Waals surface area contributed by atoms with Crippen molar-refractivity contribution in [2.45, 2.75) is 0 Å². The first-order valence-corrected chi connectivity index (χ1v) is 5.60. The molecule has 0 unspecified atom stereocenters. The van der Waals surface area contributed by atoms with Crippen molar-refractivity contribution in [2.75, 3.05) is 12.4 Å². The third-order valence-corrected chi connectivity index (χ3v) is 2.76. The summed E-state index contributed by atoms with van der Waals surface area (Å²) in [5.74, 6) is 1.63. The van der Waals surface area contributed by atoms with Gasteiger partial charge in [0.25, 0.3) is 0 Å². The van der Waals surface area contributed by atoms with Crippen LogP contribution in [0.4, 0.5) is 11.5 Å². The van der Waals surface area contributed by atoms with Crippen LogP contribution in [0.5, 0.6) is 5.75 Å². The summed E-state index contributed by atoms with van der Waals surface area (Å²) in [6.07, 6.45) is 1.75. The topological polar surface area (TPSA) is 34.1 Å². The van der Waals surface area contributed by atoms with Crippen LogP contribution in [0.15, 0.2) is 47.1 Å². The molecule has 0 atom stereocenters. The van der Waals surface area contributed by atoms with Gasteiger partial charge in [0.05, 0.1) is 12.8 Å². The highest BCUT2D eigenvalue weighted by Gasteiger charge is 2.02. The smallest absolute Gasteiger partial charge is 0.130 e. The Morgan fingerprint density at radius 2 is 2.12 bits per heavy atom. The molecule has 1 heterocycles. The Labute approximate surface area is 103 Å². The second kappa shape index (κ2) is 4.99. The lowest BCUT2D eigenvalue weighted by Crippen LogP contribution is -1.94. The molecule has 1 N–H and O–H groups in total. The van der Waals surface area contributed by atoms with E-state index in [1.165, 1.54) is 0 Å². The summed E-state index contributed by atoms with van der Waals surface area (Å²) < 4.78 is 6.07. The molecule has 2 aromatic rings. The van der Waals surface area contributed by atoms with Crippen LogP contribution in [0.1, 0.15) is 0 Å². The van der Waals surface area contributed by atoms with Gasteiger partial charge in [-0.25, -0.2) is 4.98 Å². The predicted molar refractivity (Wildman–Crippen MR) is 68.2 cm³/mol. The van der Waals surface area contributed by atoms with Crippen LogP contribution in [0.2, 0.25) is 0 Å². The molecular weight excluding hydrogens is 268 g/mol. The van der Waals surface area contributed by atoms with Crippen molar-refractivity contribution in [3.05, 3.63) is 47.1 Å². The van der Waals surface area contributed by atoms with Gasteiger partial charge in [0.1, 0.15) is 11.6 Å². The molecule has 82 valence electrons. The normalized spacial score (nSPS) is 9.88. The van der Waals surface area contributed by atoms with Crippen molar-refractivity contribution in [1.82, 2.24) is 4.98 Å². The van der Waals surface area contributed by atoms with Gasteiger partial charge < -0.3 is 10.1 Å². The van der Waals surface area contributed by atoms with Crippen molar-refractivity contribution in [2.24, 2.45) is 0 Å². The van der Waals surface area contributed by atoms with E-state index in [1.807, 2.05) is 36.4 Å². The molecule has 0 spiro atoms. The van der Waals surface area contributed by atoms with Gasteiger partial charge >= 0.3 is 0 Å². The highest BCUT2D eigenvalue weighted by atomic mass is 79.9. The molecule has 0 amide bonds. The van der Waals surface area contributed by atoms with E-state index in [-0.39, 0.29) is 0 Å². The van der Waals surface area contributed by atoms with Crippen LogP contribution in [-0.2, 0) is 0 Å². The largest absolute Gasteiger partial charge is 0.497 e. The second-order valence-corrected chi connectivity index (χ2v) is 4.04. The van der Waals surface area contributed by atoms with E-state index in [0.29, 0.717) is 0 Å². The summed E-state index contributed by atoms with van der Waals surface area (Å²) in [5, 5.41) is 3.21. The molecule has 0 fully saturated rings. The van der Waals surface area contributed by atoms with Gasteiger partial charge in [0, 0.05) is 10.7 Å². The van der Waals surface area contributed by atoms with Gasteiger partial charge in [0.15, 0.2) is 0 Å². The number of benzene rings is 1. The third kappa shape index (κ3) is 2.52. The summed E-state index contributed by atoms with van der Waals surface area (Å²) in [6, 6.07) is 11.5. The lowest BCUT2D eigenvalue weighted by molar-refractivity contribution is 0.414. The van der Waals surface area contributed by atoms with Crippen molar-refractivity contribution in [1.29, 1.82) is 0 Å². The molecule has 0 saturated heterocycles. The second-order valence-electron chi connectivity index (χ2n) is 3.19. The molecule has 3 nitrogen and oxygen atoms in total. The molecule has 1 aromatic heterocycles. The zero-order valence-corrected chi connectivity index (χ0v) is 10.4. The fourth-order valence-electron chi connectivity index (χ4n) is 1.30. The first kappa shape index (κ1) is 11.0. The number of nitrogens with one attached hydrogen (secondary N) is 1. The minimum Gasteiger partial charge on any atom is -0.497 e. The molecule has 0 saturated carbocycles. The van der Waals surface area contributed by atoms with E-state index < -0.39 is 0 Å².